The highest BCUT2D eigenvalue weighted by molar-refractivity contribution is 6.74. The minimum atomic E-state index is -1.90. The Balaban J connectivity index is 2.12. The quantitative estimate of drug-likeness (QED) is 0.811. The monoisotopic (exact) mass is 286 g/mol. The van der Waals surface area contributed by atoms with Gasteiger partial charge in [-0.05, 0) is 24.2 Å². The van der Waals surface area contributed by atoms with Gasteiger partial charge < -0.3 is 19.0 Å². The smallest absolute Gasteiger partial charge is 0.250 e. The minimum absolute atomic E-state index is 0.133. The van der Waals surface area contributed by atoms with Crippen molar-refractivity contribution in [1.82, 2.24) is 0 Å². The van der Waals surface area contributed by atoms with Crippen molar-refractivity contribution in [2.24, 2.45) is 0 Å². The largest absolute Gasteiger partial charge is 0.545 e. The van der Waals surface area contributed by atoms with Gasteiger partial charge in [-0.1, -0.05) is 20.8 Å². The maximum atomic E-state index is 10.6. The van der Waals surface area contributed by atoms with Crippen LogP contribution in [0.5, 0.6) is 0 Å². The highest BCUT2D eigenvalue weighted by atomic mass is 28.4. The van der Waals surface area contributed by atoms with E-state index in [2.05, 4.69) is 33.9 Å². The van der Waals surface area contributed by atoms with Gasteiger partial charge in [0, 0.05) is 20.0 Å². The molecule has 1 aliphatic carbocycles. The predicted octanol–water partition coefficient (Wildman–Crippen LogP) is 2.79. The van der Waals surface area contributed by atoms with E-state index in [4.69, 9.17) is 13.9 Å². The molecule has 5 heteroatoms. The first-order valence-electron chi connectivity index (χ1n) is 6.89. The molecule has 19 heavy (non-hydrogen) atoms. The van der Waals surface area contributed by atoms with Gasteiger partial charge in [0.05, 0.1) is 0 Å². The maximum absolute atomic E-state index is 10.6. The average Bonchev–Trinajstić information content (AvgIpc) is 2.73. The highest BCUT2D eigenvalue weighted by Gasteiger charge is 2.54. The van der Waals surface area contributed by atoms with Gasteiger partial charge in [0.1, 0.15) is 17.5 Å². The molecule has 0 aromatic carbocycles. The van der Waals surface area contributed by atoms with Crippen molar-refractivity contribution < 1.29 is 19.0 Å². The lowest BCUT2D eigenvalue weighted by Crippen LogP contribution is -2.43. The Kier molecular flexibility index (Phi) is 3.63. The van der Waals surface area contributed by atoms with Crippen molar-refractivity contribution in [3.05, 3.63) is 11.8 Å². The van der Waals surface area contributed by atoms with Crippen molar-refractivity contribution in [2.45, 2.75) is 69.7 Å². The lowest BCUT2D eigenvalue weighted by molar-refractivity contribution is -0.117. The molecule has 0 amide bonds. The van der Waals surface area contributed by atoms with Gasteiger partial charge >= 0.3 is 0 Å². The Labute approximate surface area is 116 Å². The zero-order chi connectivity index (χ0) is 14.5. The molecule has 1 heterocycles. The normalized spacial score (nSPS) is 35.2. The third-order valence-electron chi connectivity index (χ3n) is 4.65. The third-order valence-corrected chi connectivity index (χ3v) is 9.01. The molecular formula is C14H26O4Si. The first-order valence-corrected chi connectivity index (χ1v) is 9.80. The van der Waals surface area contributed by atoms with Crippen LogP contribution in [0, 0.1) is 0 Å². The standard InChI is InChI=1S/C14H26O4Si/c1-13(2,3)19(5,6)18-10-7-8-14(15)9-11(16-4)17-12(10)14/h7,11-12,15H,8-9H2,1-6H3/t11?,12-,14+/m1/s1. The molecule has 1 N–H and O–H groups in total. The molecular weight excluding hydrogens is 260 g/mol. The van der Waals surface area contributed by atoms with Crippen molar-refractivity contribution >= 4 is 8.32 Å². The van der Waals surface area contributed by atoms with Crippen LogP contribution in [-0.2, 0) is 13.9 Å². The van der Waals surface area contributed by atoms with Crippen LogP contribution >= 0.6 is 0 Å². The fourth-order valence-corrected chi connectivity index (χ4v) is 3.40. The molecule has 0 aromatic heterocycles. The van der Waals surface area contributed by atoms with Gasteiger partial charge in [0.25, 0.3) is 0 Å². The van der Waals surface area contributed by atoms with Gasteiger partial charge in [-0.3, -0.25) is 0 Å². The summed E-state index contributed by atoms with van der Waals surface area (Å²) in [4.78, 5) is 0. The number of hydrogen-bond acceptors (Lipinski definition) is 4. The summed E-state index contributed by atoms with van der Waals surface area (Å²) < 4.78 is 17.3. The van der Waals surface area contributed by atoms with Crippen LogP contribution in [-0.4, -0.2) is 38.5 Å². The SMILES string of the molecule is COC1C[C@@]2(O)CC=C(O[Si](C)(C)C(C)(C)C)[C@H]2O1. The summed E-state index contributed by atoms with van der Waals surface area (Å²) in [5, 5.41) is 10.7. The van der Waals surface area contributed by atoms with E-state index in [0.29, 0.717) is 12.8 Å². The topological polar surface area (TPSA) is 47.9 Å². The molecule has 0 saturated carbocycles. The third kappa shape index (κ3) is 2.61. The average molecular weight is 286 g/mol. The van der Waals surface area contributed by atoms with E-state index in [1.807, 2.05) is 6.08 Å². The summed E-state index contributed by atoms with van der Waals surface area (Å²) in [7, 11) is -0.291. The first kappa shape index (κ1) is 15.0. The molecule has 1 aliphatic heterocycles. The van der Waals surface area contributed by atoms with Crippen molar-refractivity contribution in [3.63, 3.8) is 0 Å². The summed E-state index contributed by atoms with van der Waals surface area (Å²) in [6.45, 7) is 11.0. The second-order valence-electron chi connectivity index (χ2n) is 7.16. The van der Waals surface area contributed by atoms with E-state index in [0.717, 1.165) is 5.76 Å². The second-order valence-corrected chi connectivity index (χ2v) is 11.9. The lowest BCUT2D eigenvalue weighted by Gasteiger charge is -2.38. The maximum Gasteiger partial charge on any atom is 0.250 e. The summed E-state index contributed by atoms with van der Waals surface area (Å²) >= 11 is 0. The molecule has 1 unspecified atom stereocenters. The number of methoxy groups -OCH3 is 1. The molecule has 3 atom stereocenters. The van der Waals surface area contributed by atoms with Crippen molar-refractivity contribution in [1.29, 1.82) is 0 Å². The van der Waals surface area contributed by atoms with Crippen molar-refractivity contribution in [2.75, 3.05) is 7.11 Å². The van der Waals surface area contributed by atoms with Gasteiger partial charge in [0.2, 0.25) is 8.32 Å². The molecule has 1 saturated heterocycles. The Bertz CT molecular complexity index is 385. The zero-order valence-corrected chi connectivity index (χ0v) is 13.8. The van der Waals surface area contributed by atoms with Crippen LogP contribution in [0.1, 0.15) is 33.6 Å². The van der Waals surface area contributed by atoms with E-state index in [1.165, 1.54) is 0 Å². The predicted molar refractivity (Wildman–Crippen MR) is 76.2 cm³/mol. The van der Waals surface area contributed by atoms with Crippen LogP contribution in [0.25, 0.3) is 0 Å². The van der Waals surface area contributed by atoms with Gasteiger partial charge in [-0.25, -0.2) is 0 Å². The van der Waals surface area contributed by atoms with Crippen LogP contribution in [0.4, 0.5) is 0 Å². The highest BCUT2D eigenvalue weighted by Crippen LogP contribution is 2.46. The summed E-state index contributed by atoms with van der Waals surface area (Å²) in [5.74, 6) is 0.800. The van der Waals surface area contributed by atoms with Crippen molar-refractivity contribution in [3.8, 4) is 0 Å². The molecule has 2 rings (SSSR count). The summed E-state index contributed by atoms with van der Waals surface area (Å²) in [6.07, 6.45) is 2.38. The number of rotatable bonds is 3. The molecule has 0 spiro atoms. The lowest BCUT2D eigenvalue weighted by atomic mass is 9.97. The van der Waals surface area contributed by atoms with Crippen LogP contribution in [0.3, 0.4) is 0 Å². The van der Waals surface area contributed by atoms with E-state index >= 15 is 0 Å². The molecule has 0 aromatic rings. The Hall–Kier alpha value is -0.363. The molecule has 2 aliphatic rings. The second kappa shape index (κ2) is 4.58. The molecule has 4 nitrogen and oxygen atoms in total. The van der Waals surface area contributed by atoms with Gasteiger partial charge in [-0.15, -0.1) is 0 Å². The van der Waals surface area contributed by atoms with E-state index in [1.54, 1.807) is 7.11 Å². The van der Waals surface area contributed by atoms with Crippen LogP contribution in [0.2, 0.25) is 18.1 Å². The molecule has 1 fully saturated rings. The first-order chi connectivity index (χ1) is 8.59. The fourth-order valence-electron chi connectivity index (χ4n) is 2.31. The number of fused-ring (bicyclic) bond motifs is 1. The summed E-state index contributed by atoms with van der Waals surface area (Å²) in [6, 6.07) is 0. The Morgan fingerprint density at radius 1 is 1.42 bits per heavy atom. The van der Waals surface area contributed by atoms with E-state index < -0.39 is 13.9 Å². The van der Waals surface area contributed by atoms with E-state index in [9.17, 15) is 5.11 Å². The molecule has 0 radical (unpaired) electrons. The van der Waals surface area contributed by atoms with E-state index in [-0.39, 0.29) is 17.4 Å². The van der Waals surface area contributed by atoms with Crippen LogP contribution < -0.4 is 0 Å². The van der Waals surface area contributed by atoms with Crippen LogP contribution in [0.15, 0.2) is 11.8 Å². The number of aliphatic hydroxyl groups is 1. The minimum Gasteiger partial charge on any atom is -0.545 e. The number of ether oxygens (including phenoxy) is 2. The van der Waals surface area contributed by atoms with Gasteiger partial charge in [0.15, 0.2) is 6.29 Å². The fraction of sp³-hybridized carbons (Fsp3) is 0.857. The van der Waals surface area contributed by atoms with Gasteiger partial charge in [-0.2, -0.15) is 0 Å². The summed E-state index contributed by atoms with van der Waals surface area (Å²) in [5.41, 5.74) is -0.849. The zero-order valence-electron chi connectivity index (χ0n) is 12.8. The number of hydrogen-bond donors (Lipinski definition) is 1. The Morgan fingerprint density at radius 2 is 2.05 bits per heavy atom. The Morgan fingerprint density at radius 3 is 2.58 bits per heavy atom. The molecule has 0 bridgehead atoms. The molecule has 110 valence electrons.